The fourth-order valence-electron chi connectivity index (χ4n) is 4.47. The molecule has 8 nitrogen and oxygen atoms in total. The number of hydrogen-bond acceptors (Lipinski definition) is 4. The first-order chi connectivity index (χ1) is 16.8. The number of carbonyl (C=O) groups is 3. The molecule has 2 heterocycles. The standard InChI is InChI=1S/C24H26F3N5O3/c25-15-3-1-14(2-4-15)11-28-22(33)8-6-18-12-29-23(34)21-10-17(13-32(18)21)30-24(35)31-20-7-5-16(26)9-19(20)27/h1-5,7,9,17-18,21H,6,8,10-13H2,(H,28,33)(H,29,34)(H2,30,31,35). The minimum atomic E-state index is -0.888. The van der Waals surface area contributed by atoms with Crippen molar-refractivity contribution < 1.29 is 27.6 Å². The van der Waals surface area contributed by atoms with E-state index >= 15 is 0 Å². The number of carbonyl (C=O) groups excluding carboxylic acids is 3. The molecule has 2 saturated heterocycles. The molecule has 0 saturated carbocycles. The zero-order valence-electron chi connectivity index (χ0n) is 18.8. The molecule has 186 valence electrons. The first kappa shape index (κ1) is 24.5. The largest absolute Gasteiger partial charge is 0.353 e. The smallest absolute Gasteiger partial charge is 0.319 e. The van der Waals surface area contributed by atoms with Crippen molar-refractivity contribution >= 4 is 23.5 Å². The van der Waals surface area contributed by atoms with E-state index in [0.29, 0.717) is 38.5 Å². The van der Waals surface area contributed by atoms with Crippen molar-refractivity contribution in [1.82, 2.24) is 20.9 Å². The molecule has 2 fully saturated rings. The second kappa shape index (κ2) is 10.8. The number of urea groups is 1. The van der Waals surface area contributed by atoms with Gasteiger partial charge in [0.25, 0.3) is 0 Å². The van der Waals surface area contributed by atoms with Crippen LogP contribution < -0.4 is 21.3 Å². The Hall–Kier alpha value is -3.60. The van der Waals surface area contributed by atoms with Gasteiger partial charge in [0.15, 0.2) is 0 Å². The van der Waals surface area contributed by atoms with Crippen LogP contribution >= 0.6 is 0 Å². The van der Waals surface area contributed by atoms with Gasteiger partial charge in [-0.15, -0.1) is 0 Å². The summed E-state index contributed by atoms with van der Waals surface area (Å²) >= 11 is 0. The van der Waals surface area contributed by atoms with Gasteiger partial charge in [-0.25, -0.2) is 18.0 Å². The normalized spacial score (nSPS) is 21.7. The van der Waals surface area contributed by atoms with Gasteiger partial charge in [0.05, 0.1) is 11.7 Å². The minimum absolute atomic E-state index is 0.0846. The molecule has 2 aromatic rings. The lowest BCUT2D eigenvalue weighted by atomic mass is 10.0. The summed E-state index contributed by atoms with van der Waals surface area (Å²) in [5, 5.41) is 10.8. The number of anilines is 1. The first-order valence-corrected chi connectivity index (χ1v) is 11.4. The number of piperazine rings is 1. The van der Waals surface area contributed by atoms with Crippen LogP contribution in [-0.2, 0) is 16.1 Å². The summed E-state index contributed by atoms with van der Waals surface area (Å²) in [6.07, 6.45) is 1.12. The van der Waals surface area contributed by atoms with Crippen LogP contribution in [-0.4, -0.2) is 54.0 Å². The van der Waals surface area contributed by atoms with Crippen molar-refractivity contribution in [2.75, 3.05) is 18.4 Å². The van der Waals surface area contributed by atoms with Crippen LogP contribution in [0.3, 0.4) is 0 Å². The maximum absolute atomic E-state index is 13.8. The van der Waals surface area contributed by atoms with Gasteiger partial charge in [-0.05, 0) is 42.7 Å². The molecule has 3 unspecified atom stereocenters. The maximum Gasteiger partial charge on any atom is 0.319 e. The van der Waals surface area contributed by atoms with Gasteiger partial charge in [0, 0.05) is 44.2 Å². The Bertz CT molecular complexity index is 1100. The Morgan fingerprint density at radius 2 is 1.80 bits per heavy atom. The lowest BCUT2D eigenvalue weighted by Gasteiger charge is -2.37. The van der Waals surface area contributed by atoms with E-state index in [0.717, 1.165) is 17.7 Å². The van der Waals surface area contributed by atoms with Crippen molar-refractivity contribution in [1.29, 1.82) is 0 Å². The molecule has 35 heavy (non-hydrogen) atoms. The second-order valence-electron chi connectivity index (χ2n) is 8.71. The Labute approximate surface area is 200 Å². The van der Waals surface area contributed by atoms with Gasteiger partial charge in [-0.2, -0.15) is 0 Å². The molecule has 0 bridgehead atoms. The van der Waals surface area contributed by atoms with Crippen LogP contribution in [0.25, 0.3) is 0 Å². The summed E-state index contributed by atoms with van der Waals surface area (Å²) in [6.45, 7) is 1.09. The van der Waals surface area contributed by atoms with Crippen LogP contribution in [0.2, 0.25) is 0 Å². The predicted molar refractivity (Wildman–Crippen MR) is 122 cm³/mol. The second-order valence-corrected chi connectivity index (χ2v) is 8.71. The van der Waals surface area contributed by atoms with Crippen LogP contribution in [0.4, 0.5) is 23.7 Å². The number of halogens is 3. The highest BCUT2D eigenvalue weighted by molar-refractivity contribution is 5.90. The number of amides is 4. The average Bonchev–Trinajstić information content (AvgIpc) is 3.24. The van der Waals surface area contributed by atoms with E-state index in [-0.39, 0.29) is 41.8 Å². The van der Waals surface area contributed by atoms with Gasteiger partial charge in [-0.1, -0.05) is 12.1 Å². The summed E-state index contributed by atoms with van der Waals surface area (Å²) in [5.41, 5.74) is 0.638. The molecule has 2 aromatic carbocycles. The number of nitrogens with one attached hydrogen (secondary N) is 4. The average molecular weight is 489 g/mol. The Morgan fingerprint density at radius 1 is 1.06 bits per heavy atom. The van der Waals surface area contributed by atoms with Crippen molar-refractivity contribution in [2.45, 2.75) is 43.9 Å². The highest BCUT2D eigenvalue weighted by Gasteiger charge is 2.43. The topological polar surface area (TPSA) is 103 Å². The van der Waals surface area contributed by atoms with Crippen molar-refractivity contribution in [2.24, 2.45) is 0 Å². The third-order valence-electron chi connectivity index (χ3n) is 6.25. The van der Waals surface area contributed by atoms with Crippen LogP contribution in [0.1, 0.15) is 24.8 Å². The quantitative estimate of drug-likeness (QED) is 0.479. The van der Waals surface area contributed by atoms with Crippen LogP contribution in [0.5, 0.6) is 0 Å². The molecule has 4 N–H and O–H groups in total. The van der Waals surface area contributed by atoms with E-state index in [1.807, 2.05) is 4.90 Å². The zero-order valence-corrected chi connectivity index (χ0v) is 18.8. The van der Waals surface area contributed by atoms with E-state index in [2.05, 4.69) is 21.3 Å². The van der Waals surface area contributed by atoms with Crippen molar-refractivity contribution in [3.63, 3.8) is 0 Å². The summed E-state index contributed by atoms with van der Waals surface area (Å²) in [6, 6.07) is 7.19. The summed E-state index contributed by atoms with van der Waals surface area (Å²) in [7, 11) is 0. The fraction of sp³-hybridized carbons (Fsp3) is 0.375. The van der Waals surface area contributed by atoms with Gasteiger partial charge >= 0.3 is 6.03 Å². The minimum Gasteiger partial charge on any atom is -0.353 e. The number of hydrogen-bond donors (Lipinski definition) is 4. The molecule has 4 rings (SSSR count). The van der Waals surface area contributed by atoms with Gasteiger partial charge in [0.2, 0.25) is 11.8 Å². The van der Waals surface area contributed by atoms with E-state index < -0.39 is 23.7 Å². The van der Waals surface area contributed by atoms with Crippen LogP contribution in [0, 0.1) is 17.5 Å². The summed E-state index contributed by atoms with van der Waals surface area (Å²) in [4.78, 5) is 39.0. The fourth-order valence-corrected chi connectivity index (χ4v) is 4.47. The maximum atomic E-state index is 13.8. The Kier molecular flexibility index (Phi) is 7.54. The monoisotopic (exact) mass is 489 g/mol. The molecular weight excluding hydrogens is 463 g/mol. The Balaban J connectivity index is 1.27. The van der Waals surface area contributed by atoms with E-state index in [9.17, 15) is 27.6 Å². The van der Waals surface area contributed by atoms with Gasteiger partial charge in [0.1, 0.15) is 17.5 Å². The molecule has 0 spiro atoms. The Morgan fingerprint density at radius 3 is 2.54 bits per heavy atom. The highest BCUT2D eigenvalue weighted by Crippen LogP contribution is 2.26. The molecule has 0 radical (unpaired) electrons. The van der Waals surface area contributed by atoms with Crippen molar-refractivity contribution in [3.05, 3.63) is 65.5 Å². The number of fused-ring (bicyclic) bond motifs is 1. The molecule has 2 aliphatic rings. The molecule has 0 aromatic heterocycles. The van der Waals surface area contributed by atoms with E-state index in [1.165, 1.54) is 12.1 Å². The highest BCUT2D eigenvalue weighted by atomic mass is 19.1. The number of rotatable bonds is 7. The third-order valence-corrected chi connectivity index (χ3v) is 6.25. The SMILES string of the molecule is O=C(CCC1CNC(=O)C2CC(NC(=O)Nc3ccc(F)cc3F)CN12)NCc1ccc(F)cc1. The van der Waals surface area contributed by atoms with E-state index in [4.69, 9.17) is 0 Å². The van der Waals surface area contributed by atoms with Crippen molar-refractivity contribution in [3.8, 4) is 0 Å². The summed E-state index contributed by atoms with van der Waals surface area (Å²) in [5.74, 6) is -2.27. The number of benzene rings is 2. The van der Waals surface area contributed by atoms with Crippen LogP contribution in [0.15, 0.2) is 42.5 Å². The molecule has 2 aliphatic heterocycles. The predicted octanol–water partition coefficient (Wildman–Crippen LogP) is 2.26. The summed E-state index contributed by atoms with van der Waals surface area (Å²) < 4.78 is 39.8. The van der Waals surface area contributed by atoms with Gasteiger partial charge < -0.3 is 21.3 Å². The first-order valence-electron chi connectivity index (χ1n) is 11.4. The molecule has 4 amide bonds. The third kappa shape index (κ3) is 6.30. The lowest BCUT2D eigenvalue weighted by Crippen LogP contribution is -2.58. The van der Waals surface area contributed by atoms with Gasteiger partial charge in [-0.3, -0.25) is 14.5 Å². The zero-order chi connectivity index (χ0) is 24.9. The molecule has 11 heteroatoms. The molecular formula is C24H26F3N5O3. The molecule has 3 atom stereocenters. The molecule has 0 aliphatic carbocycles. The lowest BCUT2D eigenvalue weighted by molar-refractivity contribution is -0.129. The number of nitrogens with zero attached hydrogens (tertiary/aromatic N) is 1. The van der Waals surface area contributed by atoms with E-state index in [1.54, 1.807) is 12.1 Å².